The number of ether oxygens (including phenoxy) is 1. The van der Waals surface area contributed by atoms with Gasteiger partial charge in [0, 0.05) is 23.4 Å². The van der Waals surface area contributed by atoms with Gasteiger partial charge in [-0.05, 0) is 25.1 Å². The first-order valence-corrected chi connectivity index (χ1v) is 6.96. The summed E-state index contributed by atoms with van der Waals surface area (Å²) in [4.78, 5) is 12.1. The van der Waals surface area contributed by atoms with Gasteiger partial charge in [-0.3, -0.25) is 4.79 Å². The Hall–Kier alpha value is -0.220. The van der Waals surface area contributed by atoms with E-state index in [9.17, 15) is 4.79 Å². The minimum Gasteiger partial charge on any atom is -0.384 e. The maximum absolute atomic E-state index is 12.1. The first kappa shape index (κ1) is 14.8. The lowest BCUT2D eigenvalue weighted by Gasteiger charge is -2.11. The van der Waals surface area contributed by atoms with Crippen LogP contribution in [-0.2, 0) is 4.74 Å². The average Bonchev–Trinajstić information content (AvgIpc) is 2.28. The van der Waals surface area contributed by atoms with Crippen LogP contribution in [0.5, 0.6) is 0 Å². The van der Waals surface area contributed by atoms with Crippen LogP contribution in [0.25, 0.3) is 0 Å². The summed E-state index contributed by atoms with van der Waals surface area (Å²) in [6.45, 7) is 2.50. The van der Waals surface area contributed by atoms with Crippen molar-refractivity contribution in [3.05, 3.63) is 33.8 Å². The van der Waals surface area contributed by atoms with Crippen LogP contribution in [0.4, 0.5) is 0 Å². The van der Waals surface area contributed by atoms with Crippen LogP contribution in [0.1, 0.15) is 17.3 Å². The van der Waals surface area contributed by atoms with E-state index < -0.39 is 0 Å². The number of carbonyl (C=O) groups is 1. The molecule has 0 aliphatic rings. The van der Waals surface area contributed by atoms with Gasteiger partial charge in [0.1, 0.15) is 0 Å². The molecule has 2 nitrogen and oxygen atoms in total. The predicted molar refractivity (Wildman–Crippen MR) is 74.6 cm³/mol. The predicted octanol–water partition coefficient (Wildman–Crippen LogP) is 3.94. The van der Waals surface area contributed by atoms with E-state index in [-0.39, 0.29) is 11.0 Å². The Kier molecular flexibility index (Phi) is 6.34. The Labute approximate surface area is 116 Å². The Morgan fingerprint density at radius 3 is 2.76 bits per heavy atom. The van der Waals surface area contributed by atoms with E-state index in [0.717, 1.165) is 5.75 Å². The van der Waals surface area contributed by atoms with Crippen molar-refractivity contribution in [3.8, 4) is 0 Å². The smallest absolute Gasteiger partial charge is 0.177 e. The fraction of sp³-hybridized carbons (Fsp3) is 0.417. The van der Waals surface area contributed by atoms with Gasteiger partial charge in [0.25, 0.3) is 0 Å². The van der Waals surface area contributed by atoms with Crippen LogP contribution >= 0.6 is 35.0 Å². The number of ketones is 1. The zero-order chi connectivity index (χ0) is 12.8. The number of halogens is 2. The summed E-state index contributed by atoms with van der Waals surface area (Å²) in [7, 11) is 1.64. The van der Waals surface area contributed by atoms with Crippen LogP contribution in [-0.4, -0.2) is 30.5 Å². The highest BCUT2D eigenvalue weighted by Gasteiger charge is 2.18. The van der Waals surface area contributed by atoms with Crippen LogP contribution in [0.3, 0.4) is 0 Å². The lowest BCUT2D eigenvalue weighted by atomic mass is 10.1. The van der Waals surface area contributed by atoms with Crippen LogP contribution < -0.4 is 0 Å². The molecule has 0 aliphatic carbocycles. The Morgan fingerprint density at radius 2 is 2.18 bits per heavy atom. The van der Waals surface area contributed by atoms with Crippen molar-refractivity contribution in [1.82, 2.24) is 0 Å². The number of rotatable bonds is 6. The molecule has 0 aliphatic heterocycles. The second-order valence-corrected chi connectivity index (χ2v) is 5.79. The Bertz CT molecular complexity index is 396. The van der Waals surface area contributed by atoms with Crippen molar-refractivity contribution in [2.24, 2.45) is 0 Å². The second-order valence-electron chi connectivity index (χ2n) is 3.49. The number of thioether (sulfide) groups is 1. The number of hydrogen-bond acceptors (Lipinski definition) is 3. The average molecular weight is 293 g/mol. The number of methoxy groups -OCH3 is 1. The zero-order valence-corrected chi connectivity index (χ0v) is 12.0. The lowest BCUT2D eigenvalue weighted by molar-refractivity contribution is 0.0994. The van der Waals surface area contributed by atoms with Crippen molar-refractivity contribution in [1.29, 1.82) is 0 Å². The quantitative estimate of drug-likeness (QED) is 0.587. The highest BCUT2D eigenvalue weighted by atomic mass is 35.5. The first-order chi connectivity index (χ1) is 8.06. The van der Waals surface area contributed by atoms with Gasteiger partial charge in [-0.15, -0.1) is 11.8 Å². The molecule has 0 fully saturated rings. The SMILES string of the molecule is COCCSC(C)C(=O)c1ccc(Cl)cc1Cl. The summed E-state index contributed by atoms with van der Waals surface area (Å²) in [5.74, 6) is 0.807. The molecule has 0 amide bonds. The fourth-order valence-corrected chi connectivity index (χ4v) is 2.69. The molecule has 0 bridgehead atoms. The molecular weight excluding hydrogens is 279 g/mol. The lowest BCUT2D eigenvalue weighted by Crippen LogP contribution is -2.15. The van der Waals surface area contributed by atoms with E-state index in [1.54, 1.807) is 37.1 Å². The molecule has 0 saturated carbocycles. The third kappa shape index (κ3) is 4.51. The van der Waals surface area contributed by atoms with E-state index in [1.165, 1.54) is 0 Å². The molecule has 1 atom stereocenters. The van der Waals surface area contributed by atoms with Gasteiger partial charge in [-0.25, -0.2) is 0 Å². The molecule has 1 aromatic rings. The standard InChI is InChI=1S/C12H14Cl2O2S/c1-8(17-6-5-16-2)12(15)10-4-3-9(13)7-11(10)14/h3-4,7-8H,5-6H2,1-2H3. The third-order valence-corrected chi connectivity index (χ3v) is 3.89. The molecule has 17 heavy (non-hydrogen) atoms. The number of Topliss-reactive ketones (excluding diaryl/α,β-unsaturated/α-hetero) is 1. The van der Waals surface area contributed by atoms with Gasteiger partial charge < -0.3 is 4.74 Å². The van der Waals surface area contributed by atoms with Gasteiger partial charge >= 0.3 is 0 Å². The van der Waals surface area contributed by atoms with Gasteiger partial charge in [-0.2, -0.15) is 0 Å². The molecule has 5 heteroatoms. The van der Waals surface area contributed by atoms with Crippen molar-refractivity contribution in [2.75, 3.05) is 19.5 Å². The summed E-state index contributed by atoms with van der Waals surface area (Å²) >= 11 is 13.3. The second kappa shape index (κ2) is 7.27. The van der Waals surface area contributed by atoms with E-state index in [0.29, 0.717) is 22.2 Å². The van der Waals surface area contributed by atoms with E-state index in [1.807, 2.05) is 6.92 Å². The number of carbonyl (C=O) groups excluding carboxylic acids is 1. The largest absolute Gasteiger partial charge is 0.384 e. The van der Waals surface area contributed by atoms with Crippen molar-refractivity contribution >= 4 is 40.7 Å². The van der Waals surface area contributed by atoms with Crippen LogP contribution in [0, 0.1) is 0 Å². The molecule has 0 N–H and O–H groups in total. The van der Waals surface area contributed by atoms with E-state index >= 15 is 0 Å². The molecule has 94 valence electrons. The summed E-state index contributed by atoms with van der Waals surface area (Å²) < 4.78 is 4.94. The summed E-state index contributed by atoms with van der Waals surface area (Å²) in [5.41, 5.74) is 0.522. The molecule has 0 aromatic heterocycles. The van der Waals surface area contributed by atoms with Gasteiger partial charge in [0.15, 0.2) is 5.78 Å². The van der Waals surface area contributed by atoms with E-state index in [4.69, 9.17) is 27.9 Å². The third-order valence-electron chi connectivity index (χ3n) is 2.22. The number of benzene rings is 1. The summed E-state index contributed by atoms with van der Waals surface area (Å²) in [5, 5.41) is 0.803. The molecule has 0 spiro atoms. The van der Waals surface area contributed by atoms with Gasteiger partial charge in [0.2, 0.25) is 0 Å². The van der Waals surface area contributed by atoms with Crippen LogP contribution in [0.2, 0.25) is 10.0 Å². The molecular formula is C12H14Cl2O2S. The van der Waals surface area contributed by atoms with Gasteiger partial charge in [-0.1, -0.05) is 23.2 Å². The minimum atomic E-state index is -0.135. The zero-order valence-electron chi connectivity index (χ0n) is 9.70. The number of hydrogen-bond donors (Lipinski definition) is 0. The topological polar surface area (TPSA) is 26.3 Å². The Balaban J connectivity index is 2.68. The summed E-state index contributed by atoms with van der Waals surface area (Å²) in [6.07, 6.45) is 0. The van der Waals surface area contributed by atoms with Crippen molar-refractivity contribution in [2.45, 2.75) is 12.2 Å². The normalized spacial score (nSPS) is 12.5. The molecule has 1 aromatic carbocycles. The van der Waals surface area contributed by atoms with Crippen molar-refractivity contribution in [3.63, 3.8) is 0 Å². The van der Waals surface area contributed by atoms with Crippen LogP contribution in [0.15, 0.2) is 18.2 Å². The van der Waals surface area contributed by atoms with Crippen molar-refractivity contribution < 1.29 is 9.53 Å². The molecule has 1 unspecified atom stereocenters. The monoisotopic (exact) mass is 292 g/mol. The molecule has 0 heterocycles. The maximum atomic E-state index is 12.1. The molecule has 1 rings (SSSR count). The highest BCUT2D eigenvalue weighted by molar-refractivity contribution is 8.00. The fourth-order valence-electron chi connectivity index (χ4n) is 1.29. The van der Waals surface area contributed by atoms with Gasteiger partial charge in [0.05, 0.1) is 16.9 Å². The summed E-state index contributed by atoms with van der Waals surface area (Å²) in [6, 6.07) is 4.93. The molecule has 0 saturated heterocycles. The first-order valence-electron chi connectivity index (χ1n) is 5.16. The molecule has 0 radical (unpaired) electrons. The highest BCUT2D eigenvalue weighted by Crippen LogP contribution is 2.25. The minimum absolute atomic E-state index is 0.0211. The maximum Gasteiger partial charge on any atom is 0.177 e. The Morgan fingerprint density at radius 1 is 1.47 bits per heavy atom. The van der Waals surface area contributed by atoms with E-state index in [2.05, 4.69) is 0 Å².